The number of nitrogens with one attached hydrogen (secondary N) is 1. The van der Waals surface area contributed by atoms with Crippen molar-refractivity contribution in [1.29, 1.82) is 0 Å². The molecule has 0 spiro atoms. The first-order valence-corrected chi connectivity index (χ1v) is 7.89. The zero-order valence-corrected chi connectivity index (χ0v) is 13.1. The van der Waals surface area contributed by atoms with Crippen LogP contribution in [0.25, 0.3) is 0 Å². The van der Waals surface area contributed by atoms with Crippen LogP contribution in [0.1, 0.15) is 37.8 Å². The van der Waals surface area contributed by atoms with Gasteiger partial charge in [0.05, 0.1) is 0 Å². The number of hydrogen-bond acceptors (Lipinski definition) is 2. The molecule has 0 bridgehead atoms. The van der Waals surface area contributed by atoms with Crippen LogP contribution in [0.4, 0.5) is 0 Å². The Kier molecular flexibility index (Phi) is 6.29. The molecule has 0 aliphatic rings. The molecule has 0 aromatic heterocycles. The summed E-state index contributed by atoms with van der Waals surface area (Å²) in [6.07, 6.45) is 3.44. The van der Waals surface area contributed by atoms with Crippen molar-refractivity contribution < 1.29 is 4.74 Å². The van der Waals surface area contributed by atoms with Gasteiger partial charge in [0, 0.05) is 12.1 Å². The van der Waals surface area contributed by atoms with Crippen molar-refractivity contribution in [2.75, 3.05) is 6.54 Å². The minimum Gasteiger partial charge on any atom is -0.457 e. The normalized spacial score (nSPS) is 10.6. The van der Waals surface area contributed by atoms with Crippen LogP contribution < -0.4 is 10.1 Å². The standard InChI is InChI=1S/C19H25NO/c1-3-7-16-10-12-18(13-11-16)21-19-9-6-5-8-17(19)15-20-14-4-2/h5-6,8-13,20H,3-4,7,14-15H2,1-2H3. The molecule has 0 heterocycles. The average Bonchev–Trinajstić information content (AvgIpc) is 2.51. The van der Waals surface area contributed by atoms with Crippen molar-refractivity contribution in [1.82, 2.24) is 5.32 Å². The highest BCUT2D eigenvalue weighted by molar-refractivity contribution is 5.38. The predicted octanol–water partition coefficient (Wildman–Crippen LogP) is 4.93. The van der Waals surface area contributed by atoms with Crippen molar-refractivity contribution in [3.63, 3.8) is 0 Å². The number of para-hydroxylation sites is 1. The number of benzene rings is 2. The second-order valence-corrected chi connectivity index (χ2v) is 5.28. The summed E-state index contributed by atoms with van der Waals surface area (Å²) in [5.74, 6) is 1.84. The van der Waals surface area contributed by atoms with Gasteiger partial charge in [0.15, 0.2) is 0 Å². The summed E-state index contributed by atoms with van der Waals surface area (Å²) >= 11 is 0. The molecular formula is C19H25NO. The van der Waals surface area contributed by atoms with Crippen LogP contribution in [0.3, 0.4) is 0 Å². The van der Waals surface area contributed by atoms with Gasteiger partial charge in [-0.15, -0.1) is 0 Å². The molecule has 0 saturated heterocycles. The predicted molar refractivity (Wildman–Crippen MR) is 89.0 cm³/mol. The molecule has 0 aliphatic carbocycles. The van der Waals surface area contributed by atoms with Gasteiger partial charge in [-0.3, -0.25) is 0 Å². The Morgan fingerprint density at radius 2 is 1.67 bits per heavy atom. The third-order valence-electron chi connectivity index (χ3n) is 3.40. The highest BCUT2D eigenvalue weighted by atomic mass is 16.5. The van der Waals surface area contributed by atoms with Crippen molar-refractivity contribution in [2.45, 2.75) is 39.7 Å². The SMILES string of the molecule is CCCNCc1ccccc1Oc1ccc(CCC)cc1. The molecule has 0 amide bonds. The lowest BCUT2D eigenvalue weighted by molar-refractivity contribution is 0.472. The molecule has 2 heteroatoms. The Bertz CT molecular complexity index is 534. The van der Waals surface area contributed by atoms with E-state index >= 15 is 0 Å². The number of hydrogen-bond donors (Lipinski definition) is 1. The summed E-state index contributed by atoms with van der Waals surface area (Å²) in [4.78, 5) is 0. The van der Waals surface area contributed by atoms with Crippen molar-refractivity contribution >= 4 is 0 Å². The highest BCUT2D eigenvalue weighted by Gasteiger charge is 2.04. The summed E-state index contributed by atoms with van der Waals surface area (Å²) in [6, 6.07) is 16.6. The van der Waals surface area contributed by atoms with Gasteiger partial charge in [0.25, 0.3) is 0 Å². The Hall–Kier alpha value is -1.80. The summed E-state index contributed by atoms with van der Waals surface area (Å²) in [5, 5.41) is 3.42. The largest absolute Gasteiger partial charge is 0.457 e. The van der Waals surface area contributed by atoms with E-state index in [1.165, 1.54) is 17.5 Å². The number of aryl methyl sites for hydroxylation is 1. The van der Waals surface area contributed by atoms with Gasteiger partial charge in [-0.1, -0.05) is 50.6 Å². The molecule has 21 heavy (non-hydrogen) atoms. The molecule has 2 aromatic rings. The van der Waals surface area contributed by atoms with Gasteiger partial charge >= 0.3 is 0 Å². The Labute approximate surface area is 128 Å². The van der Waals surface area contributed by atoms with Crippen molar-refractivity contribution in [3.8, 4) is 11.5 Å². The van der Waals surface area contributed by atoms with Crippen LogP contribution in [-0.4, -0.2) is 6.54 Å². The Morgan fingerprint density at radius 3 is 2.38 bits per heavy atom. The molecule has 0 unspecified atom stereocenters. The van der Waals surface area contributed by atoms with Gasteiger partial charge in [-0.05, 0) is 43.1 Å². The first-order valence-electron chi connectivity index (χ1n) is 7.89. The van der Waals surface area contributed by atoms with E-state index in [4.69, 9.17) is 4.74 Å². The lowest BCUT2D eigenvalue weighted by Crippen LogP contribution is -2.14. The molecule has 1 N–H and O–H groups in total. The molecule has 2 aromatic carbocycles. The first-order chi connectivity index (χ1) is 10.3. The van der Waals surface area contributed by atoms with E-state index in [0.717, 1.165) is 37.4 Å². The fraction of sp³-hybridized carbons (Fsp3) is 0.368. The summed E-state index contributed by atoms with van der Waals surface area (Å²) in [7, 11) is 0. The van der Waals surface area contributed by atoms with E-state index in [0.29, 0.717) is 0 Å². The lowest BCUT2D eigenvalue weighted by atomic mass is 10.1. The summed E-state index contributed by atoms with van der Waals surface area (Å²) < 4.78 is 6.03. The molecular weight excluding hydrogens is 258 g/mol. The average molecular weight is 283 g/mol. The third kappa shape index (κ3) is 4.91. The van der Waals surface area contributed by atoms with Crippen LogP contribution in [0.15, 0.2) is 48.5 Å². The van der Waals surface area contributed by atoms with Crippen LogP contribution in [0.2, 0.25) is 0 Å². The Morgan fingerprint density at radius 1 is 0.905 bits per heavy atom. The highest BCUT2D eigenvalue weighted by Crippen LogP contribution is 2.25. The van der Waals surface area contributed by atoms with Gasteiger partial charge in [-0.25, -0.2) is 0 Å². The zero-order chi connectivity index (χ0) is 14.9. The van der Waals surface area contributed by atoms with E-state index < -0.39 is 0 Å². The molecule has 2 nitrogen and oxygen atoms in total. The third-order valence-corrected chi connectivity index (χ3v) is 3.40. The molecule has 0 radical (unpaired) electrons. The van der Waals surface area contributed by atoms with Gasteiger partial charge in [0.2, 0.25) is 0 Å². The maximum absolute atomic E-state index is 6.03. The first kappa shape index (κ1) is 15.6. The quantitative estimate of drug-likeness (QED) is 0.693. The van der Waals surface area contributed by atoms with Crippen LogP contribution >= 0.6 is 0 Å². The van der Waals surface area contributed by atoms with E-state index in [1.54, 1.807) is 0 Å². The second kappa shape index (κ2) is 8.48. The second-order valence-electron chi connectivity index (χ2n) is 5.28. The van der Waals surface area contributed by atoms with Crippen LogP contribution in [-0.2, 0) is 13.0 Å². The molecule has 0 atom stereocenters. The summed E-state index contributed by atoms with van der Waals surface area (Å²) in [5.41, 5.74) is 2.56. The van der Waals surface area contributed by atoms with Gasteiger partial charge < -0.3 is 10.1 Å². The lowest BCUT2D eigenvalue weighted by Gasteiger charge is -2.12. The smallest absolute Gasteiger partial charge is 0.131 e. The topological polar surface area (TPSA) is 21.3 Å². The Balaban J connectivity index is 2.04. The molecule has 112 valence electrons. The summed E-state index contributed by atoms with van der Waals surface area (Å²) in [6.45, 7) is 6.25. The van der Waals surface area contributed by atoms with Crippen molar-refractivity contribution in [2.24, 2.45) is 0 Å². The maximum atomic E-state index is 6.03. The molecule has 2 rings (SSSR count). The number of ether oxygens (including phenoxy) is 1. The van der Waals surface area contributed by atoms with Gasteiger partial charge in [0.1, 0.15) is 11.5 Å². The minimum absolute atomic E-state index is 0.845. The van der Waals surface area contributed by atoms with E-state index in [9.17, 15) is 0 Å². The fourth-order valence-corrected chi connectivity index (χ4v) is 2.29. The molecule has 0 fully saturated rings. The van der Waals surface area contributed by atoms with E-state index in [1.807, 2.05) is 12.1 Å². The van der Waals surface area contributed by atoms with E-state index in [2.05, 4.69) is 55.6 Å². The van der Waals surface area contributed by atoms with Crippen molar-refractivity contribution in [3.05, 3.63) is 59.7 Å². The monoisotopic (exact) mass is 283 g/mol. The molecule has 0 aliphatic heterocycles. The van der Waals surface area contributed by atoms with Gasteiger partial charge in [-0.2, -0.15) is 0 Å². The van der Waals surface area contributed by atoms with Crippen LogP contribution in [0.5, 0.6) is 11.5 Å². The number of rotatable bonds is 8. The zero-order valence-electron chi connectivity index (χ0n) is 13.1. The van der Waals surface area contributed by atoms with E-state index in [-0.39, 0.29) is 0 Å². The van der Waals surface area contributed by atoms with Crippen LogP contribution in [0, 0.1) is 0 Å². The fourth-order valence-electron chi connectivity index (χ4n) is 2.29. The minimum atomic E-state index is 0.845. The maximum Gasteiger partial charge on any atom is 0.131 e. The molecule has 0 saturated carbocycles.